The summed E-state index contributed by atoms with van der Waals surface area (Å²) >= 11 is 0. The van der Waals surface area contributed by atoms with Gasteiger partial charge in [0, 0.05) is 12.2 Å². The average molecular weight is 292 g/mol. The van der Waals surface area contributed by atoms with Crippen molar-refractivity contribution in [2.24, 2.45) is 0 Å². The highest BCUT2D eigenvalue weighted by molar-refractivity contribution is 6.69. The molecule has 0 radical (unpaired) electrons. The zero-order chi connectivity index (χ0) is 14.7. The number of hydrogen-bond donors (Lipinski definition) is 0. The van der Waals surface area contributed by atoms with Crippen LogP contribution in [0.4, 0.5) is 13.2 Å². The minimum absolute atomic E-state index is 0.0215. The van der Waals surface area contributed by atoms with Gasteiger partial charge in [-0.25, -0.2) is 0 Å². The number of benzene rings is 1. The molecule has 0 heterocycles. The highest BCUT2D eigenvalue weighted by Crippen LogP contribution is 2.45. The Morgan fingerprint density at radius 1 is 1.05 bits per heavy atom. The van der Waals surface area contributed by atoms with Gasteiger partial charge in [-0.1, -0.05) is 30.3 Å². The summed E-state index contributed by atoms with van der Waals surface area (Å²) in [5.41, 5.74) is -0.0215. The lowest BCUT2D eigenvalue weighted by molar-refractivity contribution is -0.365. The third-order valence-electron chi connectivity index (χ3n) is 2.32. The first-order chi connectivity index (χ1) is 8.62. The van der Waals surface area contributed by atoms with Gasteiger partial charge in [0.1, 0.15) is 0 Å². The van der Waals surface area contributed by atoms with Crippen molar-refractivity contribution in [2.45, 2.75) is 38.5 Å². The average Bonchev–Trinajstić information content (AvgIpc) is 2.26. The van der Waals surface area contributed by atoms with Crippen molar-refractivity contribution in [2.75, 3.05) is 6.61 Å². The van der Waals surface area contributed by atoms with Crippen molar-refractivity contribution in [3.63, 3.8) is 0 Å². The molecule has 6 heteroatoms. The normalized spacial score (nSPS) is 16.2. The van der Waals surface area contributed by atoms with Gasteiger partial charge in [0.25, 0.3) is 5.79 Å². The van der Waals surface area contributed by atoms with Crippen molar-refractivity contribution in [1.82, 2.24) is 0 Å². The molecule has 0 saturated carbocycles. The molecular weight excluding hydrogens is 273 g/mol. The van der Waals surface area contributed by atoms with E-state index in [-0.39, 0.29) is 12.2 Å². The Balaban J connectivity index is 3.36. The highest BCUT2D eigenvalue weighted by atomic mass is 28.4. The van der Waals surface area contributed by atoms with Crippen LogP contribution in [0.15, 0.2) is 30.3 Å². The molecule has 1 rings (SSSR count). The lowest BCUT2D eigenvalue weighted by Crippen LogP contribution is -2.52. The van der Waals surface area contributed by atoms with E-state index in [0.29, 0.717) is 0 Å². The fourth-order valence-corrected chi connectivity index (χ4v) is 2.92. The summed E-state index contributed by atoms with van der Waals surface area (Å²) in [5.74, 6) is -2.67. The Labute approximate surface area is 112 Å². The summed E-state index contributed by atoms with van der Waals surface area (Å²) in [5, 5.41) is 0. The number of ether oxygens (including phenoxy) is 1. The summed E-state index contributed by atoms with van der Waals surface area (Å²) in [6, 6.07) is 7.50. The summed E-state index contributed by atoms with van der Waals surface area (Å²) in [6.07, 6.45) is -4.63. The summed E-state index contributed by atoms with van der Waals surface area (Å²) in [7, 11) is -2.47. The Morgan fingerprint density at radius 2 is 1.58 bits per heavy atom. The number of halogens is 3. The van der Waals surface area contributed by atoms with E-state index in [1.54, 1.807) is 37.8 Å². The number of hydrogen-bond acceptors (Lipinski definition) is 2. The van der Waals surface area contributed by atoms with Crippen LogP contribution in [-0.4, -0.2) is 21.1 Å². The zero-order valence-electron chi connectivity index (χ0n) is 11.5. The van der Waals surface area contributed by atoms with Crippen molar-refractivity contribution in [3.8, 4) is 0 Å². The monoisotopic (exact) mass is 292 g/mol. The lowest BCUT2D eigenvalue weighted by Gasteiger charge is -2.40. The second-order valence-corrected chi connectivity index (χ2v) is 9.56. The van der Waals surface area contributed by atoms with Crippen molar-refractivity contribution in [3.05, 3.63) is 35.9 Å². The third kappa shape index (κ3) is 3.81. The van der Waals surface area contributed by atoms with Crippen LogP contribution >= 0.6 is 0 Å². The quantitative estimate of drug-likeness (QED) is 0.595. The first-order valence-electron chi connectivity index (χ1n) is 6.09. The van der Waals surface area contributed by atoms with Gasteiger partial charge in [-0.2, -0.15) is 13.2 Å². The van der Waals surface area contributed by atoms with Gasteiger partial charge in [-0.05, 0) is 26.6 Å². The molecule has 108 valence electrons. The van der Waals surface area contributed by atoms with Gasteiger partial charge in [0.05, 0.1) is 0 Å². The van der Waals surface area contributed by atoms with E-state index in [0.717, 1.165) is 0 Å². The topological polar surface area (TPSA) is 18.5 Å². The Kier molecular flexibility index (Phi) is 4.81. The van der Waals surface area contributed by atoms with Gasteiger partial charge in [-0.15, -0.1) is 0 Å². The molecule has 0 fully saturated rings. The second-order valence-electron chi connectivity index (χ2n) is 5.13. The van der Waals surface area contributed by atoms with Crippen LogP contribution in [0, 0.1) is 0 Å². The van der Waals surface area contributed by atoms with Crippen LogP contribution < -0.4 is 0 Å². The van der Waals surface area contributed by atoms with E-state index in [9.17, 15) is 13.2 Å². The van der Waals surface area contributed by atoms with Crippen molar-refractivity contribution in [1.29, 1.82) is 0 Å². The molecule has 1 aromatic carbocycles. The summed E-state index contributed by atoms with van der Waals surface area (Å²) in [4.78, 5) is 0. The first kappa shape index (κ1) is 16.2. The number of rotatable bonds is 5. The molecule has 0 saturated heterocycles. The lowest BCUT2D eigenvalue weighted by atomic mass is 10.1. The molecule has 0 bridgehead atoms. The maximum atomic E-state index is 13.6. The molecule has 2 nitrogen and oxygen atoms in total. The Hall–Kier alpha value is -0.853. The molecule has 19 heavy (non-hydrogen) atoms. The summed E-state index contributed by atoms with van der Waals surface area (Å²) < 4.78 is 51.1. The van der Waals surface area contributed by atoms with Gasteiger partial charge >= 0.3 is 6.18 Å². The molecule has 0 amide bonds. The van der Waals surface area contributed by atoms with Crippen LogP contribution in [0.1, 0.15) is 12.5 Å². The minimum Gasteiger partial charge on any atom is -0.380 e. The van der Waals surface area contributed by atoms with E-state index < -0.39 is 20.3 Å². The molecule has 0 aromatic heterocycles. The van der Waals surface area contributed by atoms with E-state index in [1.807, 2.05) is 0 Å². The second kappa shape index (κ2) is 5.64. The molecular formula is C13H19F3O2Si. The fourth-order valence-electron chi connectivity index (χ4n) is 1.77. The van der Waals surface area contributed by atoms with E-state index in [1.165, 1.54) is 19.1 Å². The predicted octanol–water partition coefficient (Wildman–Crippen LogP) is 4.29. The standard InChI is InChI=1S/C13H19F3O2Si/c1-5-17-12(13(14,15)16,18-19(2,3)4)11-9-7-6-8-10-11/h6-10H,5H2,1-4H3. The minimum atomic E-state index is -4.63. The van der Waals surface area contributed by atoms with Crippen LogP contribution in [-0.2, 0) is 14.9 Å². The SMILES string of the molecule is CCOC(O[Si](C)(C)C)(c1ccccc1)C(F)(F)F. The molecule has 1 unspecified atom stereocenters. The summed E-state index contributed by atoms with van der Waals surface area (Å²) in [6.45, 7) is 6.55. The van der Waals surface area contributed by atoms with Gasteiger partial charge in [0.2, 0.25) is 0 Å². The first-order valence-corrected chi connectivity index (χ1v) is 9.49. The predicted molar refractivity (Wildman–Crippen MR) is 70.2 cm³/mol. The molecule has 0 spiro atoms. The van der Waals surface area contributed by atoms with Gasteiger partial charge in [0.15, 0.2) is 8.32 Å². The maximum Gasteiger partial charge on any atom is 0.447 e. The molecule has 0 N–H and O–H groups in total. The molecule has 0 aliphatic rings. The Bertz CT molecular complexity index is 401. The smallest absolute Gasteiger partial charge is 0.380 e. The number of alkyl halides is 3. The van der Waals surface area contributed by atoms with E-state index in [2.05, 4.69) is 0 Å². The highest BCUT2D eigenvalue weighted by Gasteiger charge is 2.60. The fraction of sp³-hybridized carbons (Fsp3) is 0.538. The Morgan fingerprint density at radius 3 is 1.95 bits per heavy atom. The van der Waals surface area contributed by atoms with Gasteiger partial charge in [-0.3, -0.25) is 0 Å². The van der Waals surface area contributed by atoms with E-state index in [4.69, 9.17) is 9.16 Å². The molecule has 1 aromatic rings. The van der Waals surface area contributed by atoms with Crippen molar-refractivity contribution >= 4 is 8.32 Å². The van der Waals surface area contributed by atoms with Gasteiger partial charge < -0.3 is 9.16 Å². The molecule has 0 aliphatic heterocycles. The third-order valence-corrected chi connectivity index (χ3v) is 3.22. The van der Waals surface area contributed by atoms with Crippen LogP contribution in [0.5, 0.6) is 0 Å². The maximum absolute atomic E-state index is 13.6. The molecule has 1 atom stereocenters. The molecule has 0 aliphatic carbocycles. The van der Waals surface area contributed by atoms with E-state index >= 15 is 0 Å². The van der Waals surface area contributed by atoms with Crippen LogP contribution in [0.2, 0.25) is 19.6 Å². The van der Waals surface area contributed by atoms with Crippen molar-refractivity contribution < 1.29 is 22.3 Å². The van der Waals surface area contributed by atoms with Crippen LogP contribution in [0.3, 0.4) is 0 Å². The largest absolute Gasteiger partial charge is 0.447 e. The van der Waals surface area contributed by atoms with Crippen LogP contribution in [0.25, 0.3) is 0 Å². The zero-order valence-corrected chi connectivity index (χ0v) is 12.5.